The molecule has 0 spiro atoms. The van der Waals surface area contributed by atoms with Crippen molar-refractivity contribution in [1.82, 2.24) is 14.9 Å². The fourth-order valence-electron chi connectivity index (χ4n) is 2.10. The van der Waals surface area contributed by atoms with Crippen LogP contribution in [0.25, 0.3) is 0 Å². The molecule has 6 nitrogen and oxygen atoms in total. The fraction of sp³-hybridized carbons (Fsp3) is 0.769. The van der Waals surface area contributed by atoms with Crippen LogP contribution in [0, 0.1) is 24.2 Å². The molecule has 1 heterocycles. The van der Waals surface area contributed by atoms with Crippen LogP contribution in [-0.4, -0.2) is 50.7 Å². The number of nitrogens with one attached hydrogen (secondary N) is 2. The summed E-state index contributed by atoms with van der Waals surface area (Å²) in [7, 11) is -3.13. The third-order valence-corrected chi connectivity index (χ3v) is 4.67. The molecule has 114 valence electrons. The SMILES string of the molecule is C#C[C@@H](NC(=O)NC[C@H]1CCN(S(C)(=O)=O)C1)C(C)C. The van der Waals surface area contributed by atoms with E-state index in [1.807, 2.05) is 13.8 Å². The summed E-state index contributed by atoms with van der Waals surface area (Å²) in [5.74, 6) is 2.84. The van der Waals surface area contributed by atoms with E-state index >= 15 is 0 Å². The van der Waals surface area contributed by atoms with Crippen LogP contribution in [-0.2, 0) is 10.0 Å². The van der Waals surface area contributed by atoms with Gasteiger partial charge in [-0.2, -0.15) is 0 Å². The van der Waals surface area contributed by atoms with Gasteiger partial charge in [-0.1, -0.05) is 19.8 Å². The van der Waals surface area contributed by atoms with Gasteiger partial charge in [0.15, 0.2) is 0 Å². The number of hydrogen-bond donors (Lipinski definition) is 2. The Hall–Kier alpha value is -1.26. The maximum absolute atomic E-state index is 11.7. The van der Waals surface area contributed by atoms with Gasteiger partial charge < -0.3 is 10.6 Å². The number of urea groups is 1. The minimum absolute atomic E-state index is 0.152. The zero-order valence-electron chi connectivity index (χ0n) is 12.2. The molecule has 1 aliphatic heterocycles. The molecule has 1 aliphatic rings. The number of hydrogen-bond acceptors (Lipinski definition) is 3. The Labute approximate surface area is 121 Å². The normalized spacial score (nSPS) is 21.4. The van der Waals surface area contributed by atoms with Crippen molar-refractivity contribution >= 4 is 16.1 Å². The molecule has 20 heavy (non-hydrogen) atoms. The Morgan fingerprint density at radius 3 is 2.60 bits per heavy atom. The molecular formula is C13H23N3O3S. The number of carbonyl (C=O) groups is 1. The smallest absolute Gasteiger partial charge is 0.315 e. The highest BCUT2D eigenvalue weighted by molar-refractivity contribution is 7.88. The van der Waals surface area contributed by atoms with Crippen LogP contribution in [0.4, 0.5) is 4.79 Å². The summed E-state index contributed by atoms with van der Waals surface area (Å²) in [6, 6.07) is -0.606. The molecule has 0 aromatic carbocycles. The average molecular weight is 301 g/mol. The quantitative estimate of drug-likeness (QED) is 0.713. The van der Waals surface area contributed by atoms with Crippen molar-refractivity contribution in [2.75, 3.05) is 25.9 Å². The topological polar surface area (TPSA) is 78.5 Å². The third kappa shape index (κ3) is 5.02. The Bertz CT molecular complexity index is 482. The first kappa shape index (κ1) is 16.8. The first-order valence-corrected chi connectivity index (χ1v) is 8.54. The van der Waals surface area contributed by atoms with Crippen molar-refractivity contribution < 1.29 is 13.2 Å². The lowest BCUT2D eigenvalue weighted by Crippen LogP contribution is -2.45. The Morgan fingerprint density at radius 2 is 2.15 bits per heavy atom. The molecular weight excluding hydrogens is 278 g/mol. The summed E-state index contributed by atoms with van der Waals surface area (Å²) in [5, 5.41) is 5.46. The van der Waals surface area contributed by atoms with Crippen molar-refractivity contribution in [2.45, 2.75) is 26.3 Å². The second-order valence-corrected chi connectivity index (χ2v) is 7.50. The van der Waals surface area contributed by atoms with E-state index in [1.54, 1.807) is 0 Å². The number of carbonyl (C=O) groups excluding carboxylic acids is 1. The largest absolute Gasteiger partial charge is 0.338 e. The Morgan fingerprint density at radius 1 is 1.50 bits per heavy atom. The number of sulfonamides is 1. The van der Waals surface area contributed by atoms with Crippen molar-refractivity contribution in [3.63, 3.8) is 0 Å². The zero-order chi connectivity index (χ0) is 15.3. The van der Waals surface area contributed by atoms with Crippen LogP contribution < -0.4 is 10.6 Å². The summed E-state index contributed by atoms with van der Waals surface area (Å²) in [4.78, 5) is 11.7. The van der Waals surface area contributed by atoms with Crippen molar-refractivity contribution in [3.8, 4) is 12.3 Å². The van der Waals surface area contributed by atoms with E-state index in [2.05, 4.69) is 16.6 Å². The van der Waals surface area contributed by atoms with Gasteiger partial charge in [0.25, 0.3) is 0 Å². The number of nitrogens with zero attached hydrogens (tertiary/aromatic N) is 1. The lowest BCUT2D eigenvalue weighted by Gasteiger charge is -2.18. The van der Waals surface area contributed by atoms with E-state index in [0.29, 0.717) is 19.6 Å². The Balaban J connectivity index is 2.35. The van der Waals surface area contributed by atoms with Crippen molar-refractivity contribution in [1.29, 1.82) is 0 Å². The van der Waals surface area contributed by atoms with Crippen LogP contribution in [0.3, 0.4) is 0 Å². The van der Waals surface area contributed by atoms with E-state index in [9.17, 15) is 13.2 Å². The van der Waals surface area contributed by atoms with Gasteiger partial charge in [-0.05, 0) is 18.3 Å². The molecule has 1 saturated heterocycles. The third-order valence-electron chi connectivity index (χ3n) is 3.40. The monoisotopic (exact) mass is 301 g/mol. The number of amides is 2. The summed E-state index contributed by atoms with van der Waals surface area (Å²) >= 11 is 0. The molecule has 1 fully saturated rings. The van der Waals surface area contributed by atoms with Gasteiger partial charge >= 0.3 is 6.03 Å². The summed E-state index contributed by atoms with van der Waals surface area (Å²) in [6.07, 6.45) is 7.30. The lowest BCUT2D eigenvalue weighted by atomic mass is 10.1. The first-order chi connectivity index (χ1) is 9.24. The molecule has 0 aromatic rings. The van der Waals surface area contributed by atoms with Gasteiger partial charge in [-0.3, -0.25) is 0 Å². The lowest BCUT2D eigenvalue weighted by molar-refractivity contribution is 0.235. The summed E-state index contributed by atoms with van der Waals surface area (Å²) in [6.45, 7) is 5.30. The highest BCUT2D eigenvalue weighted by Crippen LogP contribution is 2.17. The first-order valence-electron chi connectivity index (χ1n) is 6.69. The predicted octanol–water partition coefficient (Wildman–Crippen LogP) is 0.225. The molecule has 2 atom stereocenters. The van der Waals surface area contributed by atoms with Gasteiger partial charge in [0.1, 0.15) is 0 Å². The second kappa shape index (κ2) is 6.95. The number of rotatable bonds is 5. The van der Waals surface area contributed by atoms with Gasteiger partial charge in [0.05, 0.1) is 12.3 Å². The minimum Gasteiger partial charge on any atom is -0.338 e. The van der Waals surface area contributed by atoms with Gasteiger partial charge in [-0.15, -0.1) is 6.42 Å². The molecule has 0 aromatic heterocycles. The molecule has 0 aliphatic carbocycles. The molecule has 0 unspecified atom stereocenters. The molecule has 0 saturated carbocycles. The van der Waals surface area contributed by atoms with Crippen LogP contribution in [0.2, 0.25) is 0 Å². The van der Waals surface area contributed by atoms with E-state index in [4.69, 9.17) is 6.42 Å². The molecule has 1 rings (SSSR count). The van der Waals surface area contributed by atoms with E-state index in [1.165, 1.54) is 10.6 Å². The van der Waals surface area contributed by atoms with Crippen molar-refractivity contribution in [2.24, 2.45) is 11.8 Å². The number of terminal acetylenes is 1. The van der Waals surface area contributed by atoms with Crippen LogP contribution >= 0.6 is 0 Å². The predicted molar refractivity (Wildman–Crippen MR) is 78.5 cm³/mol. The van der Waals surface area contributed by atoms with Gasteiger partial charge in [-0.25, -0.2) is 17.5 Å². The maximum atomic E-state index is 11.7. The fourth-order valence-corrected chi connectivity index (χ4v) is 3.01. The molecule has 0 radical (unpaired) electrons. The van der Waals surface area contributed by atoms with Crippen LogP contribution in [0.15, 0.2) is 0 Å². The second-order valence-electron chi connectivity index (χ2n) is 5.52. The maximum Gasteiger partial charge on any atom is 0.315 e. The van der Waals surface area contributed by atoms with Crippen LogP contribution in [0.1, 0.15) is 20.3 Å². The zero-order valence-corrected chi connectivity index (χ0v) is 13.0. The summed E-state index contributed by atoms with van der Waals surface area (Å²) in [5.41, 5.74) is 0. The van der Waals surface area contributed by atoms with E-state index in [-0.39, 0.29) is 23.9 Å². The standard InChI is InChI=1S/C13H23N3O3S/c1-5-12(10(2)3)15-13(17)14-8-11-6-7-16(9-11)20(4,18)19/h1,10-12H,6-9H2,2-4H3,(H2,14,15,17)/t11-,12-/m1/s1. The molecule has 2 N–H and O–H groups in total. The van der Waals surface area contributed by atoms with E-state index < -0.39 is 10.0 Å². The molecule has 2 amide bonds. The van der Waals surface area contributed by atoms with Crippen molar-refractivity contribution in [3.05, 3.63) is 0 Å². The van der Waals surface area contributed by atoms with E-state index in [0.717, 1.165) is 6.42 Å². The van der Waals surface area contributed by atoms with Crippen LogP contribution in [0.5, 0.6) is 0 Å². The Kier molecular flexibility index (Phi) is 5.84. The highest BCUT2D eigenvalue weighted by Gasteiger charge is 2.28. The minimum atomic E-state index is -3.13. The molecule has 0 bridgehead atoms. The average Bonchev–Trinajstić information content (AvgIpc) is 2.81. The van der Waals surface area contributed by atoms with Gasteiger partial charge in [0, 0.05) is 19.6 Å². The molecule has 7 heteroatoms. The van der Waals surface area contributed by atoms with Gasteiger partial charge in [0.2, 0.25) is 10.0 Å². The highest BCUT2D eigenvalue weighted by atomic mass is 32.2. The summed E-state index contributed by atoms with van der Waals surface area (Å²) < 4.78 is 24.2.